The molecule has 0 rings (SSSR count). The fourth-order valence-electron chi connectivity index (χ4n) is 0.959. The molecular formula is C11H16NSTl. The van der Waals surface area contributed by atoms with E-state index >= 15 is 0 Å². The standard InChI is InChI=1S/C11H17NS.Tl/c1-4-9(3)6-7-10(5-2)11(13)8-12;/h6-7,11,13H,4-5H2,1-3H3;/q;+1/p-1/b9-6-,10-7+;. The Morgan fingerprint density at radius 1 is 1.43 bits per heavy atom. The number of nitrogens with zero attached hydrogens (tertiary/aromatic N) is 1. The molecule has 3 heteroatoms. The van der Waals surface area contributed by atoms with Crippen LogP contribution in [0.25, 0.3) is 0 Å². The van der Waals surface area contributed by atoms with Crippen molar-refractivity contribution in [2.24, 2.45) is 0 Å². The van der Waals surface area contributed by atoms with Gasteiger partial charge in [-0.15, -0.1) is 0 Å². The van der Waals surface area contributed by atoms with Crippen molar-refractivity contribution in [1.29, 1.82) is 5.26 Å². The van der Waals surface area contributed by atoms with Crippen LogP contribution in [0.5, 0.6) is 0 Å². The van der Waals surface area contributed by atoms with Crippen molar-refractivity contribution in [3.8, 4) is 6.07 Å². The summed E-state index contributed by atoms with van der Waals surface area (Å²) in [7, 11) is 1.77. The molecule has 0 aliphatic rings. The van der Waals surface area contributed by atoms with Gasteiger partial charge in [-0.05, 0) is 0 Å². The normalized spacial score (nSPS) is 14.9. The van der Waals surface area contributed by atoms with Crippen LogP contribution in [0.4, 0.5) is 0 Å². The van der Waals surface area contributed by atoms with E-state index in [9.17, 15) is 0 Å². The van der Waals surface area contributed by atoms with E-state index in [1.165, 1.54) is 11.1 Å². The van der Waals surface area contributed by atoms with Crippen LogP contribution in [-0.2, 0) is 0 Å². The molecule has 0 saturated heterocycles. The molecule has 0 radical (unpaired) electrons. The van der Waals surface area contributed by atoms with Gasteiger partial charge in [0.05, 0.1) is 0 Å². The Morgan fingerprint density at radius 2 is 2.07 bits per heavy atom. The molecule has 0 aromatic heterocycles. The summed E-state index contributed by atoms with van der Waals surface area (Å²) in [6, 6.07) is 2.35. The Labute approximate surface area is 105 Å². The molecule has 0 saturated carbocycles. The second-order valence-corrected chi connectivity index (χ2v) is 7.02. The van der Waals surface area contributed by atoms with Crippen molar-refractivity contribution in [2.75, 3.05) is 0 Å². The zero-order valence-electron chi connectivity index (χ0n) is 9.08. The molecule has 0 aliphatic heterocycles. The van der Waals surface area contributed by atoms with Crippen LogP contribution in [0.3, 0.4) is 0 Å². The summed E-state index contributed by atoms with van der Waals surface area (Å²) in [4.78, 5) is 0. The van der Waals surface area contributed by atoms with Gasteiger partial charge in [-0.2, -0.15) is 0 Å². The minimum atomic E-state index is 0.0888. The van der Waals surface area contributed by atoms with Gasteiger partial charge in [0.2, 0.25) is 0 Å². The van der Waals surface area contributed by atoms with Crippen molar-refractivity contribution in [2.45, 2.75) is 38.9 Å². The van der Waals surface area contributed by atoms with Crippen LogP contribution in [0, 0.1) is 11.3 Å². The van der Waals surface area contributed by atoms with Gasteiger partial charge in [-0.25, -0.2) is 0 Å². The molecule has 1 atom stereocenters. The van der Waals surface area contributed by atoms with Gasteiger partial charge >= 0.3 is 106 Å². The van der Waals surface area contributed by atoms with Crippen molar-refractivity contribution in [1.82, 2.24) is 0 Å². The number of allylic oxidation sites excluding steroid dienone is 3. The summed E-state index contributed by atoms with van der Waals surface area (Å²) in [6.07, 6.45) is 6.33. The Morgan fingerprint density at radius 3 is 2.43 bits per heavy atom. The average Bonchev–Trinajstić information content (AvgIpc) is 2.23. The summed E-state index contributed by atoms with van der Waals surface area (Å²) in [5.41, 5.74) is 2.63. The van der Waals surface area contributed by atoms with Crippen LogP contribution in [0.2, 0.25) is 0 Å². The van der Waals surface area contributed by atoms with Crippen molar-refractivity contribution < 1.29 is 0 Å². The number of rotatable bonds is 5. The molecule has 74 valence electrons. The average molecular weight is 399 g/mol. The third-order valence-electron chi connectivity index (χ3n) is 2.14. The van der Waals surface area contributed by atoms with E-state index < -0.39 is 0 Å². The summed E-state index contributed by atoms with van der Waals surface area (Å²) >= 11 is 0.829. The van der Waals surface area contributed by atoms with Crippen molar-refractivity contribution in [3.05, 3.63) is 23.3 Å². The second kappa shape index (κ2) is 8.54. The van der Waals surface area contributed by atoms with E-state index in [1.54, 1.807) is 8.31 Å². The second-order valence-electron chi connectivity index (χ2n) is 3.11. The molecule has 0 N–H and O–H groups in total. The third kappa shape index (κ3) is 5.20. The zero-order valence-corrected chi connectivity index (χ0v) is 14.4. The van der Waals surface area contributed by atoms with Crippen LogP contribution in [-0.4, -0.2) is 29.5 Å². The van der Waals surface area contributed by atoms with E-state index in [1.807, 2.05) is 0 Å². The van der Waals surface area contributed by atoms with Gasteiger partial charge in [0.25, 0.3) is 0 Å². The predicted molar refractivity (Wildman–Crippen MR) is 65.2 cm³/mol. The number of hydrogen-bond donors (Lipinski definition) is 0. The molecule has 0 aromatic rings. The summed E-state index contributed by atoms with van der Waals surface area (Å²) in [6.45, 7) is 6.39. The molecule has 1 nitrogen and oxygen atoms in total. The van der Waals surface area contributed by atoms with Gasteiger partial charge in [0.15, 0.2) is 0 Å². The quantitative estimate of drug-likeness (QED) is 0.523. The summed E-state index contributed by atoms with van der Waals surface area (Å²) in [5, 5.41) is 9.03. The zero-order chi connectivity index (χ0) is 11.0. The van der Waals surface area contributed by atoms with Gasteiger partial charge in [-0.3, -0.25) is 0 Å². The first-order chi connectivity index (χ1) is 6.69. The van der Waals surface area contributed by atoms with E-state index in [-0.39, 0.29) is 5.25 Å². The van der Waals surface area contributed by atoms with Crippen molar-refractivity contribution in [3.63, 3.8) is 0 Å². The molecular weight excluding hydrogens is 383 g/mol. The molecule has 14 heavy (non-hydrogen) atoms. The predicted octanol–water partition coefficient (Wildman–Crippen LogP) is 3.39. The summed E-state index contributed by atoms with van der Waals surface area (Å²) < 4.78 is 0. The van der Waals surface area contributed by atoms with E-state index in [0.717, 1.165) is 37.1 Å². The van der Waals surface area contributed by atoms with Crippen LogP contribution < -0.4 is 0 Å². The van der Waals surface area contributed by atoms with Crippen LogP contribution in [0.1, 0.15) is 33.6 Å². The molecule has 0 aromatic carbocycles. The Balaban J connectivity index is 4.63. The Kier molecular flexibility index (Phi) is 8.69. The fourth-order valence-corrected chi connectivity index (χ4v) is 4.19. The first kappa shape index (κ1) is 14.2. The molecule has 1 unspecified atom stereocenters. The molecule has 0 spiro atoms. The fraction of sp³-hybridized carbons (Fsp3) is 0.545. The topological polar surface area (TPSA) is 23.8 Å². The summed E-state index contributed by atoms with van der Waals surface area (Å²) in [5.74, 6) is 0. The maximum absolute atomic E-state index is 8.94. The Hall–Kier alpha value is 0.242. The van der Waals surface area contributed by atoms with E-state index in [2.05, 4.69) is 39.0 Å². The van der Waals surface area contributed by atoms with Gasteiger partial charge < -0.3 is 0 Å². The molecule has 0 heterocycles. The van der Waals surface area contributed by atoms with Crippen molar-refractivity contribution >= 4 is 32.6 Å². The third-order valence-corrected chi connectivity index (χ3v) is 5.99. The SMILES string of the molecule is CC/C(C)=C\C=C(/CC)C(C#N)[S][Tl]. The monoisotopic (exact) mass is 399 g/mol. The van der Waals surface area contributed by atoms with Crippen LogP contribution in [0.15, 0.2) is 23.3 Å². The molecule has 0 fully saturated rings. The first-order valence-electron chi connectivity index (χ1n) is 4.80. The maximum atomic E-state index is 8.94. The number of nitriles is 1. The van der Waals surface area contributed by atoms with E-state index in [4.69, 9.17) is 5.26 Å². The minimum absolute atomic E-state index is 0.0888. The van der Waals surface area contributed by atoms with Crippen LogP contribution >= 0.6 is 8.31 Å². The Bertz CT molecular complexity index is 263. The molecule has 0 aliphatic carbocycles. The van der Waals surface area contributed by atoms with Gasteiger partial charge in [0, 0.05) is 0 Å². The first-order valence-corrected chi connectivity index (χ1v) is 11.2. The van der Waals surface area contributed by atoms with Gasteiger partial charge in [-0.1, -0.05) is 0 Å². The number of hydrogen-bond acceptors (Lipinski definition) is 2. The van der Waals surface area contributed by atoms with Gasteiger partial charge in [0.1, 0.15) is 0 Å². The van der Waals surface area contributed by atoms with E-state index in [0.29, 0.717) is 0 Å². The molecule has 0 bridgehead atoms. The molecule has 0 amide bonds.